The molecule has 1 rings (SSSR count). The molecule has 0 aromatic carbocycles. The minimum Gasteiger partial charge on any atom is -0.636 e. The average molecular weight is 201 g/mol. The van der Waals surface area contributed by atoms with Crippen LogP contribution < -0.4 is 5.26 Å². The SMILES string of the molecule is CC(C)(C=[N+]1CCOCC1)N=NO[O-]. The molecule has 80 valence electrons. The van der Waals surface area contributed by atoms with Crippen LogP contribution in [-0.2, 0) is 9.73 Å². The fraction of sp³-hybridized carbons (Fsp3) is 0.875. The van der Waals surface area contributed by atoms with Crippen LogP contribution in [0.4, 0.5) is 0 Å². The van der Waals surface area contributed by atoms with E-state index in [2.05, 4.69) is 20.0 Å². The number of nitrogens with zero attached hydrogens (tertiary/aromatic N) is 3. The van der Waals surface area contributed by atoms with Gasteiger partial charge in [0.05, 0.1) is 0 Å². The van der Waals surface area contributed by atoms with Crippen LogP contribution in [-0.4, -0.2) is 42.6 Å². The maximum Gasteiger partial charge on any atom is 0.169 e. The van der Waals surface area contributed by atoms with Gasteiger partial charge in [-0.3, -0.25) is 0 Å². The molecule has 0 amide bonds. The van der Waals surface area contributed by atoms with Crippen molar-refractivity contribution in [1.29, 1.82) is 0 Å². The maximum atomic E-state index is 9.66. The molecule has 14 heavy (non-hydrogen) atoms. The second-order valence-electron chi connectivity index (χ2n) is 3.69. The summed E-state index contributed by atoms with van der Waals surface area (Å²) in [7, 11) is 0. The van der Waals surface area contributed by atoms with E-state index in [0.29, 0.717) is 0 Å². The van der Waals surface area contributed by atoms with E-state index in [4.69, 9.17) is 4.74 Å². The van der Waals surface area contributed by atoms with Crippen LogP contribution in [0.25, 0.3) is 0 Å². The van der Waals surface area contributed by atoms with Gasteiger partial charge in [-0.2, -0.15) is 0 Å². The van der Waals surface area contributed by atoms with Gasteiger partial charge in [0.15, 0.2) is 24.8 Å². The van der Waals surface area contributed by atoms with Crippen molar-refractivity contribution in [3.05, 3.63) is 0 Å². The van der Waals surface area contributed by atoms with Crippen molar-refractivity contribution in [2.24, 2.45) is 10.4 Å². The molecule has 0 aromatic heterocycles. The first kappa shape index (κ1) is 11.1. The molecule has 1 heterocycles. The molecule has 0 aromatic rings. The Labute approximate surface area is 82.7 Å². The van der Waals surface area contributed by atoms with Gasteiger partial charge < -0.3 is 15.0 Å². The van der Waals surface area contributed by atoms with Gasteiger partial charge in [-0.25, -0.2) is 4.58 Å². The molecule has 0 aliphatic carbocycles. The number of morpholine rings is 1. The summed E-state index contributed by atoms with van der Waals surface area (Å²) in [5.74, 6) is 0. The summed E-state index contributed by atoms with van der Waals surface area (Å²) < 4.78 is 7.31. The zero-order chi connectivity index (χ0) is 10.4. The fourth-order valence-electron chi connectivity index (χ4n) is 1.30. The first-order valence-electron chi connectivity index (χ1n) is 4.53. The van der Waals surface area contributed by atoms with Crippen LogP contribution in [0.1, 0.15) is 13.8 Å². The molecular weight excluding hydrogens is 186 g/mol. The second kappa shape index (κ2) is 5.02. The lowest BCUT2D eigenvalue weighted by Gasteiger charge is -2.15. The zero-order valence-corrected chi connectivity index (χ0v) is 8.47. The van der Waals surface area contributed by atoms with Gasteiger partial charge >= 0.3 is 0 Å². The summed E-state index contributed by atoms with van der Waals surface area (Å²) >= 11 is 0. The zero-order valence-electron chi connectivity index (χ0n) is 8.47. The molecule has 0 saturated carbocycles. The first-order chi connectivity index (χ1) is 6.64. The van der Waals surface area contributed by atoms with Crippen LogP contribution in [0.5, 0.6) is 0 Å². The van der Waals surface area contributed by atoms with Crippen LogP contribution in [0.3, 0.4) is 0 Å². The van der Waals surface area contributed by atoms with E-state index < -0.39 is 5.54 Å². The number of hydrogen-bond acceptors (Lipinski definition) is 5. The van der Waals surface area contributed by atoms with E-state index in [-0.39, 0.29) is 0 Å². The molecule has 0 bridgehead atoms. The summed E-state index contributed by atoms with van der Waals surface area (Å²) in [5.41, 5.74) is -0.512. The van der Waals surface area contributed by atoms with Crippen molar-refractivity contribution in [1.82, 2.24) is 0 Å². The highest BCUT2D eigenvalue weighted by Gasteiger charge is 2.22. The highest BCUT2D eigenvalue weighted by molar-refractivity contribution is 5.64. The molecule has 6 nitrogen and oxygen atoms in total. The highest BCUT2D eigenvalue weighted by atomic mass is 17.2. The van der Waals surface area contributed by atoms with Gasteiger partial charge in [-0.1, -0.05) is 0 Å². The fourth-order valence-corrected chi connectivity index (χ4v) is 1.30. The van der Waals surface area contributed by atoms with Crippen molar-refractivity contribution in [2.45, 2.75) is 19.4 Å². The largest absolute Gasteiger partial charge is 0.636 e. The van der Waals surface area contributed by atoms with E-state index in [9.17, 15) is 5.26 Å². The van der Waals surface area contributed by atoms with Gasteiger partial charge in [-0.05, 0) is 13.8 Å². The Morgan fingerprint density at radius 3 is 2.64 bits per heavy atom. The van der Waals surface area contributed by atoms with Crippen molar-refractivity contribution in [3.8, 4) is 0 Å². The van der Waals surface area contributed by atoms with Gasteiger partial charge in [0.25, 0.3) is 0 Å². The summed E-state index contributed by atoms with van der Waals surface area (Å²) in [6, 6.07) is 0. The van der Waals surface area contributed by atoms with E-state index >= 15 is 0 Å². The summed E-state index contributed by atoms with van der Waals surface area (Å²) in [4.78, 5) is 3.31. The summed E-state index contributed by atoms with van der Waals surface area (Å²) in [6.45, 7) is 6.84. The third-order valence-corrected chi connectivity index (χ3v) is 1.88. The van der Waals surface area contributed by atoms with Crippen molar-refractivity contribution >= 4 is 6.21 Å². The second-order valence-corrected chi connectivity index (χ2v) is 3.69. The molecule has 0 atom stereocenters. The lowest BCUT2D eigenvalue weighted by Crippen LogP contribution is -2.34. The maximum absolute atomic E-state index is 9.66. The van der Waals surface area contributed by atoms with E-state index in [1.165, 1.54) is 0 Å². The minimum atomic E-state index is -0.512. The lowest BCUT2D eigenvalue weighted by atomic mass is 10.1. The van der Waals surface area contributed by atoms with Crippen molar-refractivity contribution in [2.75, 3.05) is 26.3 Å². The molecule has 0 spiro atoms. The Morgan fingerprint density at radius 1 is 1.43 bits per heavy atom. The Kier molecular flexibility index (Phi) is 3.97. The number of hydrogen-bond donors (Lipinski definition) is 0. The van der Waals surface area contributed by atoms with E-state index in [0.717, 1.165) is 26.3 Å². The van der Waals surface area contributed by atoms with Crippen molar-refractivity contribution < 1.29 is 19.6 Å². The van der Waals surface area contributed by atoms with Gasteiger partial charge in [-0.15, -0.1) is 5.11 Å². The number of rotatable bonds is 3. The Morgan fingerprint density at radius 2 is 2.07 bits per heavy atom. The molecule has 1 saturated heterocycles. The van der Waals surface area contributed by atoms with Crippen LogP contribution in [0, 0.1) is 0 Å². The molecule has 0 radical (unpaired) electrons. The van der Waals surface area contributed by atoms with Gasteiger partial charge in [0.2, 0.25) is 0 Å². The predicted molar refractivity (Wildman–Crippen MR) is 46.9 cm³/mol. The highest BCUT2D eigenvalue weighted by Crippen LogP contribution is 2.06. The molecular formula is C8H15N3O3. The molecule has 1 aliphatic heterocycles. The monoisotopic (exact) mass is 201 g/mol. The Bertz CT molecular complexity index is 230. The summed E-state index contributed by atoms with van der Waals surface area (Å²) in [6.07, 6.45) is 1.93. The molecule has 6 heteroatoms. The Balaban J connectivity index is 2.58. The van der Waals surface area contributed by atoms with Crippen molar-refractivity contribution in [3.63, 3.8) is 0 Å². The molecule has 1 fully saturated rings. The van der Waals surface area contributed by atoms with Crippen LogP contribution in [0.15, 0.2) is 10.4 Å². The first-order valence-corrected chi connectivity index (χ1v) is 4.53. The summed E-state index contributed by atoms with van der Waals surface area (Å²) in [5, 5.41) is 16.4. The van der Waals surface area contributed by atoms with E-state index in [1.807, 2.05) is 20.1 Å². The van der Waals surface area contributed by atoms with Gasteiger partial charge in [0, 0.05) is 5.28 Å². The van der Waals surface area contributed by atoms with Crippen LogP contribution in [0.2, 0.25) is 0 Å². The normalized spacial score (nSPS) is 18.6. The van der Waals surface area contributed by atoms with E-state index in [1.54, 1.807) is 0 Å². The third-order valence-electron chi connectivity index (χ3n) is 1.88. The van der Waals surface area contributed by atoms with Crippen LogP contribution >= 0.6 is 0 Å². The predicted octanol–water partition coefficient (Wildman–Crippen LogP) is -0.462. The molecule has 0 N–H and O–H groups in total. The van der Waals surface area contributed by atoms with Gasteiger partial charge in [0.1, 0.15) is 13.2 Å². The third kappa shape index (κ3) is 3.80. The standard InChI is InChI=1S/C8H15N3O3/c1-8(2,9-10-14-12)7-11-3-5-13-6-4-11/h7H,3-6H2,1-2H3. The lowest BCUT2D eigenvalue weighted by molar-refractivity contribution is -0.694. The average Bonchev–Trinajstić information content (AvgIpc) is 2.16. The topological polar surface area (TPSA) is 69.2 Å². The Hall–Kier alpha value is -1.01. The molecule has 1 aliphatic rings. The number of ether oxygens (including phenoxy) is 1. The minimum absolute atomic E-state index is 0.512. The molecule has 0 unspecified atom stereocenters. The quantitative estimate of drug-likeness (QED) is 0.268. The smallest absolute Gasteiger partial charge is 0.169 e.